The fourth-order valence-corrected chi connectivity index (χ4v) is 1.32. The smallest absolute Gasteiger partial charge is 0.323 e. The molecule has 0 aromatic heterocycles. The topological polar surface area (TPSA) is 52.6 Å². The van der Waals surface area contributed by atoms with Gasteiger partial charge in [-0.1, -0.05) is 12.1 Å². The third-order valence-corrected chi connectivity index (χ3v) is 2.07. The van der Waals surface area contributed by atoms with Crippen molar-refractivity contribution < 1.29 is 20.4 Å². The molecule has 15 heavy (non-hydrogen) atoms. The molecule has 0 aromatic carbocycles. The van der Waals surface area contributed by atoms with Crippen LogP contribution in [0, 0.1) is 5.41 Å². The fourth-order valence-electron chi connectivity index (χ4n) is 1.32. The molecule has 4 heteroatoms. The molecule has 0 saturated carbocycles. The zero-order chi connectivity index (χ0) is 12.8. The van der Waals surface area contributed by atoms with Crippen LogP contribution in [0.5, 0.6) is 0 Å². The van der Waals surface area contributed by atoms with Crippen molar-refractivity contribution in [3.63, 3.8) is 0 Å². The van der Waals surface area contributed by atoms with E-state index in [2.05, 4.69) is 22.6 Å². The molecule has 0 aromatic rings. The van der Waals surface area contributed by atoms with Crippen LogP contribution in [-0.2, 0) is 19.1 Å². The zero-order valence-corrected chi connectivity index (χ0v) is 9.04. The normalized spacial score (nSPS) is 11.2. The van der Waals surface area contributed by atoms with Gasteiger partial charge >= 0.3 is 11.9 Å². The molecule has 0 aliphatic carbocycles. The predicted molar refractivity (Wildman–Crippen MR) is 56.1 cm³/mol. The third-order valence-electron chi connectivity index (χ3n) is 2.07. The lowest BCUT2D eigenvalue weighted by Gasteiger charge is -2.25. The van der Waals surface area contributed by atoms with Gasteiger partial charge in [-0.05, 0) is 12.8 Å². The Balaban J connectivity index is 5.36. The monoisotopic (exact) mass is 214 g/mol. The molecule has 0 bridgehead atoms. The summed E-state index contributed by atoms with van der Waals surface area (Å²) >= 11 is 0. The Kier molecular flexibility index (Phi) is 4.60. The summed E-state index contributed by atoms with van der Waals surface area (Å²) < 4.78 is 16.5. The lowest BCUT2D eigenvalue weighted by Crippen LogP contribution is -2.40. The van der Waals surface area contributed by atoms with Crippen LogP contribution in [0.25, 0.3) is 0 Å². The minimum atomic E-state index is -1.54. The van der Waals surface area contributed by atoms with Gasteiger partial charge in [-0.25, -0.2) is 0 Å². The molecular formula is C11H16O4. The van der Waals surface area contributed by atoms with E-state index in [1.54, 1.807) is 0 Å². The van der Waals surface area contributed by atoms with E-state index in [1.807, 2.05) is 0 Å². The van der Waals surface area contributed by atoms with Gasteiger partial charge in [-0.3, -0.25) is 9.59 Å². The van der Waals surface area contributed by atoms with Crippen LogP contribution in [-0.4, -0.2) is 26.2 Å². The predicted octanol–water partition coefficient (Wildman–Crippen LogP) is 1.47. The van der Waals surface area contributed by atoms with Crippen molar-refractivity contribution in [1.29, 1.82) is 0 Å². The molecule has 0 aliphatic heterocycles. The standard InChI is InChI=1S/C11H16O4/c1-5-7-11(8-6-2,9(12)14-3)10(13)15-4/h5-6H,1-2,7-8H2,3-4H3/i1+1,6D. The minimum absolute atomic E-state index is 0.0438. The van der Waals surface area contributed by atoms with Gasteiger partial charge in [0.25, 0.3) is 0 Å². The molecule has 0 unspecified atom stereocenters. The number of carbonyl (C=O) groups excluding carboxylic acids is 2. The molecule has 0 rings (SSSR count). The van der Waals surface area contributed by atoms with Gasteiger partial charge in [-0.15, -0.1) is 13.2 Å². The van der Waals surface area contributed by atoms with Crippen molar-refractivity contribution in [1.82, 2.24) is 0 Å². The molecule has 0 spiro atoms. The zero-order valence-electron chi connectivity index (χ0n) is 10.0. The summed E-state index contributed by atoms with van der Waals surface area (Å²) in [6.45, 7) is 6.85. The van der Waals surface area contributed by atoms with Crippen LogP contribution in [0.15, 0.2) is 25.3 Å². The fraction of sp³-hybridized carbons (Fsp3) is 0.455. The van der Waals surface area contributed by atoms with E-state index in [1.165, 1.54) is 20.3 Å². The highest BCUT2D eigenvalue weighted by Gasteiger charge is 2.46. The van der Waals surface area contributed by atoms with E-state index in [0.29, 0.717) is 0 Å². The number of methoxy groups -OCH3 is 2. The van der Waals surface area contributed by atoms with E-state index >= 15 is 0 Å². The lowest BCUT2D eigenvalue weighted by atomic mass is 9.81. The molecule has 84 valence electrons. The number of carbonyl (C=O) groups is 2. The Morgan fingerprint density at radius 1 is 1.27 bits per heavy atom. The van der Waals surface area contributed by atoms with E-state index in [-0.39, 0.29) is 18.9 Å². The summed E-state index contributed by atoms with van der Waals surface area (Å²) in [6, 6.07) is -0.0438. The number of allylic oxidation sites excluding steroid dienone is 2. The van der Waals surface area contributed by atoms with E-state index < -0.39 is 17.4 Å². The second kappa shape index (κ2) is 6.01. The maximum atomic E-state index is 11.7. The van der Waals surface area contributed by atoms with Crippen LogP contribution in [0.2, 0.25) is 0 Å². The van der Waals surface area contributed by atoms with Crippen molar-refractivity contribution in [2.75, 3.05) is 14.2 Å². The molecule has 0 N–H and O–H groups in total. The third kappa shape index (κ3) is 2.68. The molecule has 0 radical (unpaired) electrons. The maximum Gasteiger partial charge on any atom is 0.323 e. The molecule has 0 heterocycles. The summed E-state index contributed by atoms with van der Waals surface area (Å²) in [7, 11) is 2.35. The van der Waals surface area contributed by atoms with Gasteiger partial charge < -0.3 is 9.47 Å². The van der Waals surface area contributed by atoms with Gasteiger partial charge in [0.15, 0.2) is 5.41 Å². The summed E-state index contributed by atoms with van der Waals surface area (Å²) in [5.41, 5.74) is -1.54. The first-order chi connectivity index (χ1) is 7.44. The number of esters is 2. The Labute approximate surface area is 91.0 Å². The summed E-state index contributed by atoms with van der Waals surface area (Å²) in [5, 5.41) is 0. The maximum absolute atomic E-state index is 11.7. The number of rotatable bonds is 6. The van der Waals surface area contributed by atoms with Gasteiger partial charge in [0, 0.05) is 0 Å². The van der Waals surface area contributed by atoms with Crippen molar-refractivity contribution in [2.45, 2.75) is 12.8 Å². The van der Waals surface area contributed by atoms with Gasteiger partial charge in [0.2, 0.25) is 0 Å². The summed E-state index contributed by atoms with van der Waals surface area (Å²) in [6.07, 6.45) is 1.32. The summed E-state index contributed by atoms with van der Waals surface area (Å²) in [5.74, 6) is -1.49. The van der Waals surface area contributed by atoms with Crippen molar-refractivity contribution in [3.05, 3.63) is 25.3 Å². The summed E-state index contributed by atoms with van der Waals surface area (Å²) in [4.78, 5) is 23.3. The van der Waals surface area contributed by atoms with Crippen LogP contribution in [0.1, 0.15) is 14.2 Å². The highest BCUT2D eigenvalue weighted by Crippen LogP contribution is 2.31. The van der Waals surface area contributed by atoms with Gasteiger partial charge in [-0.2, -0.15) is 0 Å². The average Bonchev–Trinajstić information content (AvgIpc) is 2.25. The number of hydrogen-bond acceptors (Lipinski definition) is 4. The van der Waals surface area contributed by atoms with Crippen LogP contribution in [0.3, 0.4) is 0 Å². The molecule has 0 atom stereocenters. The highest BCUT2D eigenvalue weighted by molar-refractivity contribution is 6.00. The minimum Gasteiger partial charge on any atom is -0.468 e. The number of ether oxygens (including phenoxy) is 2. The quantitative estimate of drug-likeness (QED) is 0.291. The van der Waals surface area contributed by atoms with Crippen molar-refractivity contribution in [2.24, 2.45) is 5.41 Å². The Bertz CT molecular complexity index is 293. The largest absolute Gasteiger partial charge is 0.468 e. The van der Waals surface area contributed by atoms with E-state index in [0.717, 1.165) is 0 Å². The average molecular weight is 214 g/mol. The Morgan fingerprint density at radius 3 is 2.00 bits per heavy atom. The Hall–Kier alpha value is -1.58. The second-order valence-corrected chi connectivity index (χ2v) is 2.98. The molecule has 0 fully saturated rings. The first-order valence-electron chi connectivity index (χ1n) is 4.86. The highest BCUT2D eigenvalue weighted by atomic mass is 16.5. The number of hydrogen-bond donors (Lipinski definition) is 0. The van der Waals surface area contributed by atoms with Gasteiger partial charge in [0.05, 0.1) is 15.6 Å². The molecule has 0 aliphatic rings. The molecular weight excluding hydrogens is 197 g/mol. The van der Waals surface area contributed by atoms with Crippen molar-refractivity contribution in [3.8, 4) is 0 Å². The van der Waals surface area contributed by atoms with Gasteiger partial charge in [0.1, 0.15) is 0 Å². The first-order valence-corrected chi connectivity index (χ1v) is 4.36. The van der Waals surface area contributed by atoms with Crippen LogP contribution in [0.4, 0.5) is 0 Å². The van der Waals surface area contributed by atoms with Crippen LogP contribution >= 0.6 is 0 Å². The van der Waals surface area contributed by atoms with E-state index in [9.17, 15) is 9.59 Å². The van der Waals surface area contributed by atoms with Crippen molar-refractivity contribution >= 4 is 11.9 Å². The first kappa shape index (κ1) is 11.5. The molecule has 4 nitrogen and oxygen atoms in total. The van der Waals surface area contributed by atoms with Crippen LogP contribution < -0.4 is 0 Å². The second-order valence-electron chi connectivity index (χ2n) is 2.98. The Morgan fingerprint density at radius 2 is 1.73 bits per heavy atom. The SMILES string of the molecule is [2H]C(=C)CC(CC=[13CH2])(C(=O)OC)C(=O)OC. The van der Waals surface area contributed by atoms with E-state index in [4.69, 9.17) is 1.37 Å². The molecule has 0 saturated heterocycles. The molecule has 0 amide bonds. The lowest BCUT2D eigenvalue weighted by molar-refractivity contribution is -0.168.